The SMILES string of the molecule is CCN1CCC(c2cc3c(cc2F)C(=O)N(C2CCC(=O)NC2=O)C3)CC1. The van der Waals surface area contributed by atoms with E-state index in [1.165, 1.54) is 11.0 Å². The molecule has 3 amide bonds. The Balaban J connectivity index is 1.55. The number of carbonyl (C=O) groups is 3. The molecule has 27 heavy (non-hydrogen) atoms. The summed E-state index contributed by atoms with van der Waals surface area (Å²) in [7, 11) is 0. The van der Waals surface area contributed by atoms with Crippen LogP contribution in [0.5, 0.6) is 0 Å². The lowest BCUT2D eigenvalue weighted by Gasteiger charge is -2.31. The average Bonchev–Trinajstić information content (AvgIpc) is 2.97. The number of hydrogen-bond donors (Lipinski definition) is 1. The lowest BCUT2D eigenvalue weighted by molar-refractivity contribution is -0.136. The maximum atomic E-state index is 14.8. The smallest absolute Gasteiger partial charge is 0.255 e. The molecule has 144 valence electrons. The fourth-order valence-electron chi connectivity index (χ4n) is 4.48. The van der Waals surface area contributed by atoms with Gasteiger partial charge in [-0.2, -0.15) is 0 Å². The van der Waals surface area contributed by atoms with Crippen LogP contribution in [0.25, 0.3) is 0 Å². The first-order valence-electron chi connectivity index (χ1n) is 9.67. The number of benzene rings is 1. The van der Waals surface area contributed by atoms with Crippen molar-refractivity contribution >= 4 is 17.7 Å². The number of nitrogens with one attached hydrogen (secondary N) is 1. The molecule has 1 aromatic rings. The number of fused-ring (bicyclic) bond motifs is 1. The molecule has 0 aromatic heterocycles. The molecule has 1 unspecified atom stereocenters. The number of likely N-dealkylation sites (tertiary alicyclic amines) is 1. The number of imide groups is 1. The number of rotatable bonds is 3. The van der Waals surface area contributed by atoms with E-state index >= 15 is 0 Å². The van der Waals surface area contributed by atoms with Gasteiger partial charge in [0.15, 0.2) is 0 Å². The Labute approximate surface area is 157 Å². The summed E-state index contributed by atoms with van der Waals surface area (Å²) < 4.78 is 14.8. The van der Waals surface area contributed by atoms with Crippen LogP contribution in [-0.4, -0.2) is 53.2 Å². The summed E-state index contributed by atoms with van der Waals surface area (Å²) in [5, 5.41) is 2.29. The van der Waals surface area contributed by atoms with Crippen LogP contribution in [-0.2, 0) is 16.1 Å². The quantitative estimate of drug-likeness (QED) is 0.820. The molecule has 0 aliphatic carbocycles. The molecule has 0 spiro atoms. The highest BCUT2D eigenvalue weighted by atomic mass is 19.1. The van der Waals surface area contributed by atoms with Crippen molar-refractivity contribution in [2.45, 2.75) is 51.1 Å². The first-order chi connectivity index (χ1) is 13.0. The molecule has 0 radical (unpaired) electrons. The minimum atomic E-state index is -0.665. The third-order valence-electron chi connectivity index (χ3n) is 6.12. The molecular weight excluding hydrogens is 349 g/mol. The van der Waals surface area contributed by atoms with Gasteiger partial charge in [0, 0.05) is 18.5 Å². The lowest BCUT2D eigenvalue weighted by Crippen LogP contribution is -2.52. The Kier molecular flexibility index (Phi) is 4.72. The molecule has 3 aliphatic rings. The van der Waals surface area contributed by atoms with Gasteiger partial charge >= 0.3 is 0 Å². The van der Waals surface area contributed by atoms with Gasteiger partial charge in [-0.15, -0.1) is 0 Å². The molecule has 3 aliphatic heterocycles. The Morgan fingerprint density at radius 2 is 1.89 bits per heavy atom. The maximum absolute atomic E-state index is 14.8. The van der Waals surface area contributed by atoms with E-state index in [1.54, 1.807) is 0 Å². The van der Waals surface area contributed by atoms with Gasteiger partial charge in [0.2, 0.25) is 11.8 Å². The lowest BCUT2D eigenvalue weighted by atomic mass is 9.87. The van der Waals surface area contributed by atoms with Crippen LogP contribution in [0.1, 0.15) is 60.0 Å². The number of carbonyl (C=O) groups excluding carboxylic acids is 3. The molecule has 2 saturated heterocycles. The van der Waals surface area contributed by atoms with Gasteiger partial charge in [0.25, 0.3) is 5.91 Å². The number of nitrogens with zero attached hydrogens (tertiary/aromatic N) is 2. The number of piperidine rings is 2. The Bertz CT molecular complexity index is 802. The summed E-state index contributed by atoms with van der Waals surface area (Å²) in [6.45, 7) is 5.35. The first kappa shape index (κ1) is 18.1. The summed E-state index contributed by atoms with van der Waals surface area (Å²) in [4.78, 5) is 40.0. The zero-order chi connectivity index (χ0) is 19.1. The minimum absolute atomic E-state index is 0.165. The largest absolute Gasteiger partial charge is 0.322 e. The van der Waals surface area contributed by atoms with Crippen molar-refractivity contribution in [1.82, 2.24) is 15.1 Å². The predicted octanol–water partition coefficient (Wildman–Crippen LogP) is 1.79. The molecule has 4 rings (SSSR count). The second kappa shape index (κ2) is 7.03. The van der Waals surface area contributed by atoms with Crippen LogP contribution in [0.3, 0.4) is 0 Å². The highest BCUT2D eigenvalue weighted by Crippen LogP contribution is 2.35. The highest BCUT2D eigenvalue weighted by molar-refractivity contribution is 6.05. The summed E-state index contributed by atoms with van der Waals surface area (Å²) in [5.74, 6) is -1.25. The topological polar surface area (TPSA) is 69.7 Å². The Morgan fingerprint density at radius 1 is 1.15 bits per heavy atom. The Hall–Kier alpha value is -2.28. The zero-order valence-corrected chi connectivity index (χ0v) is 15.5. The third-order valence-corrected chi connectivity index (χ3v) is 6.12. The number of amides is 3. The third kappa shape index (κ3) is 3.25. The first-order valence-corrected chi connectivity index (χ1v) is 9.67. The summed E-state index contributed by atoms with van der Waals surface area (Å²) in [5.41, 5.74) is 1.80. The number of halogens is 1. The fraction of sp³-hybridized carbons (Fsp3) is 0.550. The van der Waals surface area contributed by atoms with Crippen molar-refractivity contribution in [2.24, 2.45) is 0 Å². The van der Waals surface area contributed by atoms with Crippen LogP contribution >= 0.6 is 0 Å². The zero-order valence-electron chi connectivity index (χ0n) is 15.5. The van der Waals surface area contributed by atoms with E-state index in [1.807, 2.05) is 6.07 Å². The van der Waals surface area contributed by atoms with E-state index in [2.05, 4.69) is 17.1 Å². The molecule has 1 aromatic carbocycles. The molecule has 0 bridgehead atoms. The average molecular weight is 373 g/mol. The second-order valence-corrected chi connectivity index (χ2v) is 7.64. The molecular formula is C20H24FN3O3. The van der Waals surface area contributed by atoms with E-state index in [-0.39, 0.29) is 30.0 Å². The fourth-order valence-corrected chi connectivity index (χ4v) is 4.48. The molecule has 2 fully saturated rings. The monoisotopic (exact) mass is 373 g/mol. The molecule has 3 heterocycles. The van der Waals surface area contributed by atoms with E-state index in [0.29, 0.717) is 24.1 Å². The second-order valence-electron chi connectivity index (χ2n) is 7.64. The van der Waals surface area contributed by atoms with Crippen LogP contribution in [0.4, 0.5) is 4.39 Å². The summed E-state index contributed by atoms with van der Waals surface area (Å²) >= 11 is 0. The van der Waals surface area contributed by atoms with Crippen molar-refractivity contribution in [2.75, 3.05) is 19.6 Å². The van der Waals surface area contributed by atoms with Crippen molar-refractivity contribution in [3.05, 3.63) is 34.6 Å². The highest BCUT2D eigenvalue weighted by Gasteiger charge is 2.40. The van der Waals surface area contributed by atoms with E-state index < -0.39 is 11.9 Å². The Morgan fingerprint density at radius 3 is 2.56 bits per heavy atom. The van der Waals surface area contributed by atoms with Gasteiger partial charge < -0.3 is 9.80 Å². The normalized spacial score (nSPS) is 24.3. The van der Waals surface area contributed by atoms with Crippen LogP contribution < -0.4 is 5.32 Å². The van der Waals surface area contributed by atoms with Gasteiger partial charge in [-0.3, -0.25) is 19.7 Å². The van der Waals surface area contributed by atoms with Gasteiger partial charge in [-0.05, 0) is 62.0 Å². The molecule has 6 nitrogen and oxygen atoms in total. The van der Waals surface area contributed by atoms with E-state index in [0.717, 1.165) is 38.0 Å². The summed E-state index contributed by atoms with van der Waals surface area (Å²) in [6.07, 6.45) is 2.35. The van der Waals surface area contributed by atoms with Crippen molar-refractivity contribution in [1.29, 1.82) is 0 Å². The molecule has 1 N–H and O–H groups in total. The van der Waals surface area contributed by atoms with E-state index in [4.69, 9.17) is 0 Å². The van der Waals surface area contributed by atoms with Crippen LogP contribution in [0.2, 0.25) is 0 Å². The van der Waals surface area contributed by atoms with Crippen LogP contribution in [0.15, 0.2) is 12.1 Å². The summed E-state index contributed by atoms with van der Waals surface area (Å²) in [6, 6.07) is 2.49. The maximum Gasteiger partial charge on any atom is 0.255 e. The van der Waals surface area contributed by atoms with Crippen molar-refractivity contribution in [3.8, 4) is 0 Å². The molecule has 1 atom stereocenters. The van der Waals surface area contributed by atoms with Gasteiger partial charge in [-0.25, -0.2) is 4.39 Å². The number of hydrogen-bond acceptors (Lipinski definition) is 4. The standard InChI is InChI=1S/C20H24FN3O3/c1-2-23-7-5-12(6-8-23)14-9-13-11-24(20(27)15(13)10-16(14)21)17-3-4-18(25)22-19(17)26/h9-10,12,17H,2-8,11H2,1H3,(H,22,25,26). The van der Waals surface area contributed by atoms with Gasteiger partial charge in [-0.1, -0.05) is 13.0 Å². The van der Waals surface area contributed by atoms with Gasteiger partial charge in [0.05, 0.1) is 0 Å². The molecule has 0 saturated carbocycles. The predicted molar refractivity (Wildman–Crippen MR) is 96.5 cm³/mol. The van der Waals surface area contributed by atoms with Crippen molar-refractivity contribution in [3.63, 3.8) is 0 Å². The van der Waals surface area contributed by atoms with Gasteiger partial charge in [0.1, 0.15) is 11.9 Å². The minimum Gasteiger partial charge on any atom is -0.322 e. The molecule has 7 heteroatoms. The van der Waals surface area contributed by atoms with E-state index in [9.17, 15) is 18.8 Å². The van der Waals surface area contributed by atoms with Crippen LogP contribution in [0, 0.1) is 5.82 Å². The van der Waals surface area contributed by atoms with Crippen molar-refractivity contribution < 1.29 is 18.8 Å².